The molecule has 196 valence electrons. The number of thiophene rings is 1. The van der Waals surface area contributed by atoms with Crippen LogP contribution in [0, 0.1) is 0 Å². The molecule has 2 aromatic heterocycles. The number of hydrogen-bond acceptors (Lipinski definition) is 7. The molecular weight excluding hydrogens is 482 g/mol. The molecule has 0 unspecified atom stereocenters. The van der Waals surface area contributed by atoms with Crippen LogP contribution in [0.15, 0.2) is 36.4 Å². The first kappa shape index (κ1) is 25.7. The number of benzene rings is 1. The van der Waals surface area contributed by atoms with Gasteiger partial charge in [-0.05, 0) is 69.5 Å². The summed E-state index contributed by atoms with van der Waals surface area (Å²) in [5.74, 6) is 2.94. The minimum Gasteiger partial charge on any atom is -0.497 e. The number of nitrogens with zero attached hydrogens (tertiary/aromatic N) is 5. The molecule has 1 aromatic carbocycles. The maximum absolute atomic E-state index is 12.7. The second-order valence-corrected chi connectivity index (χ2v) is 11.3. The molecule has 0 bridgehead atoms. The quantitative estimate of drug-likeness (QED) is 0.417. The van der Waals surface area contributed by atoms with Crippen molar-refractivity contribution in [1.29, 1.82) is 0 Å². The lowest BCUT2D eigenvalue weighted by molar-refractivity contribution is -0.126. The van der Waals surface area contributed by atoms with Gasteiger partial charge in [0.05, 0.1) is 12.5 Å². The van der Waals surface area contributed by atoms with E-state index in [9.17, 15) is 4.79 Å². The van der Waals surface area contributed by atoms with Crippen LogP contribution in [0.4, 0.5) is 5.82 Å². The number of aryl methyl sites for hydroxylation is 4. The summed E-state index contributed by atoms with van der Waals surface area (Å²) in [6.07, 6.45) is 10.1. The van der Waals surface area contributed by atoms with Crippen molar-refractivity contribution >= 4 is 33.3 Å². The van der Waals surface area contributed by atoms with Gasteiger partial charge in [0.1, 0.15) is 22.2 Å². The highest BCUT2D eigenvalue weighted by Gasteiger charge is 2.27. The predicted octanol–water partition coefficient (Wildman–Crippen LogP) is 4.13. The Morgan fingerprint density at radius 3 is 2.70 bits per heavy atom. The molecule has 5 rings (SSSR count). The van der Waals surface area contributed by atoms with Gasteiger partial charge in [-0.2, -0.15) is 0 Å². The van der Waals surface area contributed by atoms with Crippen molar-refractivity contribution < 1.29 is 9.53 Å². The molecule has 1 amide bonds. The highest BCUT2D eigenvalue weighted by molar-refractivity contribution is 7.19. The molecule has 3 aromatic rings. The van der Waals surface area contributed by atoms with E-state index < -0.39 is 0 Å². The lowest BCUT2D eigenvalue weighted by Crippen LogP contribution is -2.48. The Bertz CT molecular complexity index is 1280. The van der Waals surface area contributed by atoms with Gasteiger partial charge in [0.2, 0.25) is 5.91 Å². The number of fused-ring (bicyclic) bond motifs is 3. The minimum absolute atomic E-state index is 0.0984. The second-order valence-electron chi connectivity index (χ2n) is 10.2. The molecular formula is C29H37N5O2S. The third-order valence-electron chi connectivity index (χ3n) is 7.24. The third kappa shape index (κ3) is 5.96. The van der Waals surface area contributed by atoms with Crippen molar-refractivity contribution in [2.75, 3.05) is 58.8 Å². The molecule has 0 atom stereocenters. The van der Waals surface area contributed by atoms with E-state index in [0.717, 1.165) is 67.5 Å². The van der Waals surface area contributed by atoms with Crippen LogP contribution < -0.4 is 9.64 Å². The number of rotatable bonds is 8. The smallest absolute Gasteiger partial charge is 0.246 e. The Hall–Kier alpha value is -2.97. The molecule has 3 heterocycles. The average Bonchev–Trinajstić information content (AvgIpc) is 3.30. The van der Waals surface area contributed by atoms with Gasteiger partial charge in [0.15, 0.2) is 0 Å². The number of likely N-dealkylation sites (N-methyl/N-ethyl adjacent to an activating group) is 1. The van der Waals surface area contributed by atoms with E-state index >= 15 is 0 Å². The highest BCUT2D eigenvalue weighted by Crippen LogP contribution is 2.40. The number of ether oxygens (including phenoxy) is 1. The number of aromatic nitrogens is 2. The molecule has 1 aliphatic heterocycles. The fraction of sp³-hybridized carbons (Fsp3) is 0.483. The summed E-state index contributed by atoms with van der Waals surface area (Å²) in [4.78, 5) is 31.9. The largest absolute Gasteiger partial charge is 0.497 e. The lowest BCUT2D eigenvalue weighted by atomic mass is 9.96. The Morgan fingerprint density at radius 2 is 1.92 bits per heavy atom. The molecule has 8 heteroatoms. The van der Waals surface area contributed by atoms with Crippen LogP contribution >= 0.6 is 11.3 Å². The van der Waals surface area contributed by atoms with E-state index in [4.69, 9.17) is 14.7 Å². The number of amides is 1. The van der Waals surface area contributed by atoms with E-state index in [1.807, 2.05) is 48.5 Å². The number of hydrogen-bond donors (Lipinski definition) is 0. The molecule has 1 aliphatic carbocycles. The second kappa shape index (κ2) is 11.6. The Balaban J connectivity index is 1.37. The van der Waals surface area contributed by atoms with Crippen LogP contribution in [0.3, 0.4) is 0 Å². The van der Waals surface area contributed by atoms with E-state index in [-0.39, 0.29) is 5.91 Å². The Kier molecular flexibility index (Phi) is 8.05. The van der Waals surface area contributed by atoms with Gasteiger partial charge in [-0.3, -0.25) is 4.79 Å². The van der Waals surface area contributed by atoms with Crippen LogP contribution in [0.25, 0.3) is 10.2 Å². The number of carbonyl (C=O) groups is 1. The van der Waals surface area contributed by atoms with Crippen LogP contribution in [0.5, 0.6) is 5.75 Å². The zero-order valence-corrected chi connectivity index (χ0v) is 23.0. The van der Waals surface area contributed by atoms with Crippen molar-refractivity contribution in [2.24, 2.45) is 0 Å². The topological polar surface area (TPSA) is 61.8 Å². The van der Waals surface area contributed by atoms with Gasteiger partial charge in [0, 0.05) is 50.1 Å². The van der Waals surface area contributed by atoms with Gasteiger partial charge in [0.25, 0.3) is 0 Å². The van der Waals surface area contributed by atoms with Crippen molar-refractivity contribution in [1.82, 2.24) is 19.8 Å². The first-order chi connectivity index (χ1) is 18.0. The fourth-order valence-electron chi connectivity index (χ4n) is 5.21. The van der Waals surface area contributed by atoms with E-state index in [1.165, 1.54) is 34.2 Å². The van der Waals surface area contributed by atoms with Crippen molar-refractivity contribution in [3.05, 3.63) is 58.2 Å². The number of carbonyl (C=O) groups excluding carboxylic acids is 1. The summed E-state index contributed by atoms with van der Waals surface area (Å²) < 4.78 is 5.40. The molecule has 2 aliphatic rings. The molecule has 1 fully saturated rings. The van der Waals surface area contributed by atoms with Crippen LogP contribution in [0.1, 0.15) is 34.7 Å². The van der Waals surface area contributed by atoms with Crippen LogP contribution in [-0.2, 0) is 30.5 Å². The molecule has 7 nitrogen and oxygen atoms in total. The average molecular weight is 520 g/mol. The summed E-state index contributed by atoms with van der Waals surface area (Å²) >= 11 is 1.86. The summed E-state index contributed by atoms with van der Waals surface area (Å²) in [5, 5.41) is 1.26. The summed E-state index contributed by atoms with van der Waals surface area (Å²) in [6, 6.07) is 8.23. The van der Waals surface area contributed by atoms with Crippen LogP contribution in [-0.4, -0.2) is 79.6 Å². The maximum atomic E-state index is 12.7. The highest BCUT2D eigenvalue weighted by atomic mass is 32.1. The van der Waals surface area contributed by atoms with Gasteiger partial charge in [-0.15, -0.1) is 11.3 Å². The van der Waals surface area contributed by atoms with Crippen molar-refractivity contribution in [3.63, 3.8) is 0 Å². The number of anilines is 1. The SMILES string of the molecule is COc1cccc(CCc2nc(N3CCN(C(=O)/C=C/CN(C)C)CC3)c3c4c(sc3n2)CCCC4)c1. The Morgan fingerprint density at radius 1 is 1.11 bits per heavy atom. The van der Waals surface area contributed by atoms with Crippen molar-refractivity contribution in [2.45, 2.75) is 38.5 Å². The van der Waals surface area contributed by atoms with E-state index in [0.29, 0.717) is 13.1 Å². The molecule has 0 spiro atoms. The first-order valence-electron chi connectivity index (χ1n) is 13.3. The molecule has 0 saturated carbocycles. The maximum Gasteiger partial charge on any atom is 0.246 e. The van der Waals surface area contributed by atoms with E-state index in [1.54, 1.807) is 13.2 Å². The zero-order chi connectivity index (χ0) is 25.8. The first-order valence-corrected chi connectivity index (χ1v) is 14.1. The summed E-state index contributed by atoms with van der Waals surface area (Å²) in [5.41, 5.74) is 2.69. The third-order valence-corrected chi connectivity index (χ3v) is 8.42. The summed E-state index contributed by atoms with van der Waals surface area (Å²) in [7, 11) is 5.71. The van der Waals surface area contributed by atoms with Gasteiger partial charge >= 0.3 is 0 Å². The number of piperazine rings is 1. The molecule has 37 heavy (non-hydrogen) atoms. The molecule has 0 N–H and O–H groups in total. The standard InChI is InChI=1S/C29H37N5O2S/c1-32(2)15-7-12-26(35)33-16-18-34(19-17-33)28-27-23-10-4-5-11-24(23)37-29(27)31-25(30-28)14-13-21-8-6-9-22(20-21)36-3/h6-9,12,20H,4-5,10-11,13-19H2,1-3H3/b12-7+. The minimum atomic E-state index is 0.0984. The lowest BCUT2D eigenvalue weighted by Gasteiger charge is -2.35. The van der Waals surface area contributed by atoms with Gasteiger partial charge in [-0.25, -0.2) is 9.97 Å². The van der Waals surface area contributed by atoms with Gasteiger partial charge in [-0.1, -0.05) is 18.2 Å². The normalized spacial score (nSPS) is 16.1. The fourth-order valence-corrected chi connectivity index (χ4v) is 6.49. The predicted molar refractivity (Wildman–Crippen MR) is 151 cm³/mol. The summed E-state index contributed by atoms with van der Waals surface area (Å²) in [6.45, 7) is 3.77. The van der Waals surface area contributed by atoms with E-state index in [2.05, 4.69) is 21.9 Å². The Labute approximate surface area is 223 Å². The number of methoxy groups -OCH3 is 1. The monoisotopic (exact) mass is 519 g/mol. The molecule has 1 saturated heterocycles. The van der Waals surface area contributed by atoms with Gasteiger partial charge < -0.3 is 19.4 Å². The zero-order valence-electron chi connectivity index (χ0n) is 22.2. The molecule has 0 radical (unpaired) electrons. The van der Waals surface area contributed by atoms with Crippen LogP contribution in [0.2, 0.25) is 0 Å². The van der Waals surface area contributed by atoms with Crippen molar-refractivity contribution in [3.8, 4) is 5.75 Å².